The van der Waals surface area contributed by atoms with Crippen LogP contribution in [0.4, 0.5) is 0 Å². The zero-order valence-electron chi connectivity index (χ0n) is 12.8. The van der Waals surface area contributed by atoms with Crippen molar-refractivity contribution in [3.05, 3.63) is 58.7 Å². The molecule has 0 atom stereocenters. The van der Waals surface area contributed by atoms with E-state index in [2.05, 4.69) is 4.99 Å². The maximum atomic E-state index is 12.2. The minimum Gasteiger partial charge on any atom is -0.290 e. The first kappa shape index (κ1) is 15.1. The lowest BCUT2D eigenvalue weighted by atomic mass is 9.90. The van der Waals surface area contributed by atoms with Crippen LogP contribution in [0.15, 0.2) is 52.6 Å². The van der Waals surface area contributed by atoms with E-state index in [9.17, 15) is 9.59 Å². The molecule has 3 heteroatoms. The largest absolute Gasteiger partial charge is 0.290 e. The highest BCUT2D eigenvalue weighted by atomic mass is 16.1. The molecule has 0 aliphatic heterocycles. The fourth-order valence-electron chi connectivity index (χ4n) is 2.13. The van der Waals surface area contributed by atoms with Gasteiger partial charge in [0.2, 0.25) is 0 Å². The first-order valence-electron chi connectivity index (χ1n) is 7.02. The third kappa shape index (κ3) is 3.43. The maximum Gasteiger partial charge on any atom is 0.277 e. The monoisotopic (exact) mass is 281 g/mol. The summed E-state index contributed by atoms with van der Waals surface area (Å²) in [6.45, 7) is 7.68. The molecule has 0 spiro atoms. The van der Waals surface area contributed by atoms with E-state index in [1.54, 1.807) is 31.2 Å². The van der Waals surface area contributed by atoms with Crippen LogP contribution in [0.1, 0.15) is 36.7 Å². The SMILES string of the molecule is CC1=CC(=O)C(C(C)C)=CC1=NC(=O)c1ccc(C)cc1. The van der Waals surface area contributed by atoms with Crippen molar-refractivity contribution in [2.45, 2.75) is 27.7 Å². The van der Waals surface area contributed by atoms with Gasteiger partial charge in [-0.2, -0.15) is 0 Å². The average molecular weight is 281 g/mol. The van der Waals surface area contributed by atoms with E-state index in [0.717, 1.165) is 11.1 Å². The van der Waals surface area contributed by atoms with E-state index in [0.29, 0.717) is 16.8 Å². The summed E-state index contributed by atoms with van der Waals surface area (Å²) >= 11 is 0. The molecule has 1 aromatic rings. The van der Waals surface area contributed by atoms with Crippen molar-refractivity contribution >= 4 is 17.4 Å². The Hall–Kier alpha value is -2.29. The predicted octanol–water partition coefficient (Wildman–Crippen LogP) is 3.69. The third-order valence-electron chi connectivity index (χ3n) is 3.47. The Morgan fingerprint density at radius 3 is 2.24 bits per heavy atom. The van der Waals surface area contributed by atoms with Crippen molar-refractivity contribution in [1.82, 2.24) is 0 Å². The van der Waals surface area contributed by atoms with Crippen LogP contribution >= 0.6 is 0 Å². The Kier molecular flexibility index (Phi) is 4.32. The van der Waals surface area contributed by atoms with Crippen molar-refractivity contribution in [2.75, 3.05) is 0 Å². The summed E-state index contributed by atoms with van der Waals surface area (Å²) in [4.78, 5) is 28.3. The van der Waals surface area contributed by atoms with E-state index in [1.165, 1.54) is 0 Å². The second kappa shape index (κ2) is 6.00. The molecule has 1 aliphatic rings. The minimum atomic E-state index is -0.286. The lowest BCUT2D eigenvalue weighted by molar-refractivity contribution is -0.111. The van der Waals surface area contributed by atoms with Crippen LogP contribution in [0.5, 0.6) is 0 Å². The molecule has 0 radical (unpaired) electrons. The van der Waals surface area contributed by atoms with Crippen LogP contribution in [0.25, 0.3) is 0 Å². The Morgan fingerprint density at radius 1 is 1.05 bits per heavy atom. The molecule has 0 fully saturated rings. The van der Waals surface area contributed by atoms with Crippen molar-refractivity contribution in [1.29, 1.82) is 0 Å². The molecule has 0 saturated heterocycles. The van der Waals surface area contributed by atoms with Gasteiger partial charge in [-0.25, -0.2) is 4.99 Å². The van der Waals surface area contributed by atoms with Gasteiger partial charge in [-0.05, 0) is 49.6 Å². The zero-order valence-corrected chi connectivity index (χ0v) is 12.8. The summed E-state index contributed by atoms with van der Waals surface area (Å²) < 4.78 is 0. The Bertz CT molecular complexity index is 674. The molecule has 0 heterocycles. The van der Waals surface area contributed by atoms with Crippen molar-refractivity contribution in [2.24, 2.45) is 10.9 Å². The van der Waals surface area contributed by atoms with Crippen LogP contribution in [0.3, 0.4) is 0 Å². The van der Waals surface area contributed by atoms with E-state index >= 15 is 0 Å². The summed E-state index contributed by atoms with van der Waals surface area (Å²) in [5, 5.41) is 0. The number of allylic oxidation sites excluding steroid dienone is 4. The molecule has 1 aliphatic carbocycles. The highest BCUT2D eigenvalue weighted by Crippen LogP contribution is 2.19. The predicted molar refractivity (Wildman–Crippen MR) is 84.6 cm³/mol. The van der Waals surface area contributed by atoms with E-state index in [1.807, 2.05) is 32.9 Å². The molecule has 0 saturated carbocycles. The fraction of sp³-hybridized carbons (Fsp3) is 0.278. The second-order valence-electron chi connectivity index (χ2n) is 5.61. The molecule has 108 valence electrons. The van der Waals surface area contributed by atoms with Crippen molar-refractivity contribution < 1.29 is 9.59 Å². The highest BCUT2D eigenvalue weighted by molar-refractivity contribution is 6.24. The number of carbonyl (C=O) groups excluding carboxylic acids is 2. The van der Waals surface area contributed by atoms with Crippen LogP contribution in [-0.2, 0) is 4.79 Å². The molecule has 3 nitrogen and oxygen atoms in total. The number of aryl methyl sites for hydroxylation is 1. The number of rotatable bonds is 2. The lowest BCUT2D eigenvalue weighted by Gasteiger charge is -2.15. The smallest absolute Gasteiger partial charge is 0.277 e. The number of ketones is 1. The summed E-state index contributed by atoms with van der Waals surface area (Å²) in [7, 11) is 0. The van der Waals surface area contributed by atoms with Gasteiger partial charge in [-0.1, -0.05) is 31.5 Å². The summed E-state index contributed by atoms with van der Waals surface area (Å²) in [5.41, 5.74) is 3.64. The van der Waals surface area contributed by atoms with Gasteiger partial charge in [0.05, 0.1) is 5.71 Å². The summed E-state index contributed by atoms with van der Waals surface area (Å²) in [6.07, 6.45) is 3.28. The number of benzene rings is 1. The highest BCUT2D eigenvalue weighted by Gasteiger charge is 2.19. The van der Waals surface area contributed by atoms with Gasteiger partial charge in [0.15, 0.2) is 5.78 Å². The number of aliphatic imine (C=N–C) groups is 1. The van der Waals surface area contributed by atoms with Crippen molar-refractivity contribution in [3.8, 4) is 0 Å². The van der Waals surface area contributed by atoms with E-state index in [4.69, 9.17) is 0 Å². The zero-order chi connectivity index (χ0) is 15.6. The molecule has 0 N–H and O–H groups in total. The van der Waals surface area contributed by atoms with Gasteiger partial charge >= 0.3 is 0 Å². The first-order valence-corrected chi connectivity index (χ1v) is 7.02. The average Bonchev–Trinajstić information content (AvgIpc) is 2.42. The second-order valence-corrected chi connectivity index (χ2v) is 5.61. The fourth-order valence-corrected chi connectivity index (χ4v) is 2.13. The number of hydrogen-bond acceptors (Lipinski definition) is 2. The maximum absolute atomic E-state index is 12.2. The number of hydrogen-bond donors (Lipinski definition) is 0. The van der Waals surface area contributed by atoms with Crippen LogP contribution < -0.4 is 0 Å². The molecular formula is C18H19NO2. The van der Waals surface area contributed by atoms with Gasteiger partial charge in [0.1, 0.15) is 0 Å². The van der Waals surface area contributed by atoms with Gasteiger partial charge in [-0.3, -0.25) is 9.59 Å². The Morgan fingerprint density at radius 2 is 1.67 bits per heavy atom. The van der Waals surface area contributed by atoms with Gasteiger partial charge in [-0.15, -0.1) is 0 Å². The molecule has 1 amide bonds. The van der Waals surface area contributed by atoms with Gasteiger partial charge < -0.3 is 0 Å². The number of carbonyl (C=O) groups is 2. The lowest BCUT2D eigenvalue weighted by Crippen LogP contribution is -2.16. The standard InChI is InChI=1S/C18H19NO2/c1-11(2)15-10-16(13(4)9-17(15)20)19-18(21)14-7-5-12(3)6-8-14/h5-11H,1-4H3. The van der Waals surface area contributed by atoms with Gasteiger partial charge in [0.25, 0.3) is 5.91 Å². The molecule has 21 heavy (non-hydrogen) atoms. The molecule has 0 bridgehead atoms. The van der Waals surface area contributed by atoms with E-state index < -0.39 is 0 Å². The van der Waals surface area contributed by atoms with Crippen LogP contribution in [0.2, 0.25) is 0 Å². The van der Waals surface area contributed by atoms with Gasteiger partial charge in [0, 0.05) is 11.1 Å². The Balaban J connectivity index is 2.35. The third-order valence-corrected chi connectivity index (χ3v) is 3.47. The van der Waals surface area contributed by atoms with Crippen LogP contribution in [0, 0.1) is 12.8 Å². The molecule has 0 unspecified atom stereocenters. The summed E-state index contributed by atoms with van der Waals surface area (Å²) in [6, 6.07) is 7.30. The summed E-state index contributed by atoms with van der Waals surface area (Å²) in [5.74, 6) is -0.169. The molecule has 1 aromatic carbocycles. The minimum absolute atomic E-state index is 0.00392. The Labute approximate surface area is 125 Å². The number of amides is 1. The normalized spacial score (nSPS) is 17.0. The molecular weight excluding hydrogens is 262 g/mol. The molecule has 0 aromatic heterocycles. The number of nitrogens with zero attached hydrogens (tertiary/aromatic N) is 1. The first-order chi connectivity index (χ1) is 9.88. The van der Waals surface area contributed by atoms with Crippen molar-refractivity contribution in [3.63, 3.8) is 0 Å². The van der Waals surface area contributed by atoms with E-state index in [-0.39, 0.29) is 17.6 Å². The topological polar surface area (TPSA) is 46.5 Å². The van der Waals surface area contributed by atoms with Crippen LogP contribution in [-0.4, -0.2) is 17.4 Å². The quantitative estimate of drug-likeness (QED) is 0.776. The molecule has 2 rings (SSSR count).